The number of methoxy groups -OCH3 is 1. The van der Waals surface area contributed by atoms with Gasteiger partial charge < -0.3 is 4.74 Å². The Hall–Kier alpha value is -2.15. The number of hydrogen-bond donors (Lipinski definition) is 0. The summed E-state index contributed by atoms with van der Waals surface area (Å²) in [5.41, 5.74) is 2.27. The van der Waals surface area contributed by atoms with Gasteiger partial charge in [-0.1, -0.05) is 6.92 Å². The molecule has 17 heavy (non-hydrogen) atoms. The molecule has 0 saturated carbocycles. The van der Waals surface area contributed by atoms with Gasteiger partial charge in [0, 0.05) is 5.56 Å². The third-order valence-corrected chi connectivity index (χ3v) is 2.56. The first-order valence-electron chi connectivity index (χ1n) is 5.24. The molecule has 4 nitrogen and oxygen atoms in total. The molecule has 0 heterocycles. The summed E-state index contributed by atoms with van der Waals surface area (Å²) in [6.07, 6.45) is 1.37. The normalized spacial score (nSPS) is 9.47. The summed E-state index contributed by atoms with van der Waals surface area (Å²) in [4.78, 5) is 22.1. The summed E-state index contributed by atoms with van der Waals surface area (Å²) in [7, 11) is 1.29. The lowest BCUT2D eigenvalue weighted by molar-refractivity contribution is -0.139. The third kappa shape index (κ3) is 2.91. The van der Waals surface area contributed by atoms with Crippen molar-refractivity contribution < 1.29 is 14.3 Å². The fourth-order valence-corrected chi connectivity index (χ4v) is 1.60. The zero-order valence-electron chi connectivity index (χ0n) is 9.82. The number of carbonyl (C=O) groups is 2. The van der Waals surface area contributed by atoms with Crippen molar-refractivity contribution in [3.05, 3.63) is 34.4 Å². The van der Waals surface area contributed by atoms with Crippen LogP contribution in [0.15, 0.2) is 12.1 Å². The highest BCUT2D eigenvalue weighted by molar-refractivity contribution is 5.82. The fourth-order valence-electron chi connectivity index (χ4n) is 1.60. The Morgan fingerprint density at radius 1 is 1.47 bits per heavy atom. The van der Waals surface area contributed by atoms with Crippen LogP contribution in [-0.4, -0.2) is 19.4 Å². The minimum Gasteiger partial charge on any atom is -0.469 e. The molecule has 1 aromatic carbocycles. The molecule has 0 atom stereocenters. The first-order chi connectivity index (χ1) is 8.15. The van der Waals surface area contributed by atoms with Crippen LogP contribution >= 0.6 is 0 Å². The van der Waals surface area contributed by atoms with Crippen LogP contribution in [0.2, 0.25) is 0 Å². The van der Waals surface area contributed by atoms with E-state index in [9.17, 15) is 9.59 Å². The van der Waals surface area contributed by atoms with Crippen molar-refractivity contribution >= 4 is 12.3 Å². The third-order valence-electron chi connectivity index (χ3n) is 2.56. The average Bonchev–Trinajstić information content (AvgIpc) is 2.37. The molecule has 1 rings (SSSR count). The van der Waals surface area contributed by atoms with E-state index in [1.165, 1.54) is 7.11 Å². The van der Waals surface area contributed by atoms with Crippen molar-refractivity contribution in [2.24, 2.45) is 0 Å². The van der Waals surface area contributed by atoms with Gasteiger partial charge in [-0.3, -0.25) is 9.59 Å². The summed E-state index contributed by atoms with van der Waals surface area (Å²) in [6, 6.07) is 5.30. The highest BCUT2D eigenvalue weighted by Gasteiger charge is 2.12. The molecule has 0 bridgehead atoms. The van der Waals surface area contributed by atoms with Gasteiger partial charge in [0.15, 0.2) is 0 Å². The lowest BCUT2D eigenvalue weighted by atomic mass is 9.96. The molecule has 0 fully saturated rings. The number of aldehydes is 1. The molecular weight excluding hydrogens is 218 g/mol. The van der Waals surface area contributed by atoms with Crippen molar-refractivity contribution in [3.8, 4) is 6.07 Å². The van der Waals surface area contributed by atoms with E-state index in [0.717, 1.165) is 5.56 Å². The van der Waals surface area contributed by atoms with Crippen LogP contribution < -0.4 is 0 Å². The quantitative estimate of drug-likeness (QED) is 0.583. The van der Waals surface area contributed by atoms with E-state index in [2.05, 4.69) is 10.8 Å². The van der Waals surface area contributed by atoms with Crippen LogP contribution in [0.25, 0.3) is 0 Å². The van der Waals surface area contributed by atoms with Gasteiger partial charge in [-0.25, -0.2) is 0 Å². The number of hydrogen-bond acceptors (Lipinski definition) is 4. The van der Waals surface area contributed by atoms with Crippen molar-refractivity contribution in [2.45, 2.75) is 19.8 Å². The first kappa shape index (κ1) is 12.9. The molecule has 0 aliphatic rings. The van der Waals surface area contributed by atoms with Gasteiger partial charge in [-0.2, -0.15) is 5.26 Å². The number of aryl methyl sites for hydroxylation is 1. The first-order valence-corrected chi connectivity index (χ1v) is 5.24. The second kappa shape index (κ2) is 5.80. The molecule has 1 aromatic rings. The monoisotopic (exact) mass is 231 g/mol. The minimum atomic E-state index is -0.429. The second-order valence-corrected chi connectivity index (χ2v) is 3.54. The topological polar surface area (TPSA) is 67.2 Å². The Morgan fingerprint density at radius 2 is 2.18 bits per heavy atom. The van der Waals surface area contributed by atoms with Crippen LogP contribution in [0.4, 0.5) is 0 Å². The van der Waals surface area contributed by atoms with E-state index in [0.29, 0.717) is 29.4 Å². The Balaban J connectivity index is 3.24. The highest BCUT2D eigenvalue weighted by atomic mass is 16.5. The van der Waals surface area contributed by atoms with E-state index in [1.807, 2.05) is 6.92 Å². The summed E-state index contributed by atoms with van der Waals surface area (Å²) < 4.78 is 4.55. The second-order valence-electron chi connectivity index (χ2n) is 3.54. The summed E-state index contributed by atoms with van der Waals surface area (Å²) in [5, 5.41) is 8.97. The molecule has 0 aliphatic heterocycles. The van der Waals surface area contributed by atoms with E-state index in [4.69, 9.17) is 5.26 Å². The van der Waals surface area contributed by atoms with Gasteiger partial charge in [-0.05, 0) is 29.7 Å². The van der Waals surface area contributed by atoms with Gasteiger partial charge in [0.1, 0.15) is 6.29 Å². The van der Waals surface area contributed by atoms with E-state index in [1.54, 1.807) is 12.1 Å². The van der Waals surface area contributed by atoms with Crippen molar-refractivity contribution in [1.29, 1.82) is 5.26 Å². The van der Waals surface area contributed by atoms with Crippen molar-refractivity contribution in [1.82, 2.24) is 0 Å². The van der Waals surface area contributed by atoms with E-state index < -0.39 is 5.97 Å². The zero-order valence-corrected chi connectivity index (χ0v) is 9.82. The van der Waals surface area contributed by atoms with Crippen molar-refractivity contribution in [2.75, 3.05) is 7.11 Å². The smallest absolute Gasteiger partial charge is 0.310 e. The van der Waals surface area contributed by atoms with Gasteiger partial charge in [0.05, 0.1) is 25.2 Å². The van der Waals surface area contributed by atoms with E-state index >= 15 is 0 Å². The summed E-state index contributed by atoms with van der Waals surface area (Å²) in [5.74, 6) is -0.429. The average molecular weight is 231 g/mol. The standard InChI is InChI=1S/C13H13NO3/c1-3-9-4-12(8-15)10(5-11(9)7-14)6-13(16)17-2/h4-5,8H,3,6H2,1-2H3. The Morgan fingerprint density at radius 3 is 2.65 bits per heavy atom. The molecule has 0 unspecified atom stereocenters. The highest BCUT2D eigenvalue weighted by Crippen LogP contribution is 2.17. The van der Waals surface area contributed by atoms with Gasteiger partial charge >= 0.3 is 5.97 Å². The number of rotatable bonds is 4. The molecule has 88 valence electrons. The molecular formula is C13H13NO3. The van der Waals surface area contributed by atoms with Gasteiger partial charge in [0.2, 0.25) is 0 Å². The molecule has 0 radical (unpaired) electrons. The zero-order chi connectivity index (χ0) is 12.8. The number of nitrogens with zero attached hydrogens (tertiary/aromatic N) is 1. The summed E-state index contributed by atoms with van der Waals surface area (Å²) >= 11 is 0. The van der Waals surface area contributed by atoms with Crippen molar-refractivity contribution in [3.63, 3.8) is 0 Å². The maximum atomic E-state index is 11.2. The van der Waals surface area contributed by atoms with E-state index in [-0.39, 0.29) is 6.42 Å². The van der Waals surface area contributed by atoms with Crippen LogP contribution in [0.3, 0.4) is 0 Å². The Bertz CT molecular complexity index is 486. The molecule has 0 aromatic heterocycles. The van der Waals surface area contributed by atoms with Gasteiger partial charge in [0.25, 0.3) is 0 Å². The molecule has 0 spiro atoms. The lowest BCUT2D eigenvalue weighted by Gasteiger charge is -2.08. The maximum absolute atomic E-state index is 11.2. The number of esters is 1. The molecule has 0 amide bonds. The van der Waals surface area contributed by atoms with Crippen LogP contribution in [0.1, 0.15) is 34.0 Å². The number of carbonyl (C=O) groups excluding carboxylic acids is 2. The SMILES string of the molecule is CCc1cc(C=O)c(CC(=O)OC)cc1C#N. The Labute approximate surface area is 99.8 Å². The van der Waals surface area contributed by atoms with Gasteiger partial charge in [-0.15, -0.1) is 0 Å². The molecule has 0 N–H and O–H groups in total. The van der Waals surface area contributed by atoms with Crippen LogP contribution in [-0.2, 0) is 22.4 Å². The predicted molar refractivity (Wildman–Crippen MR) is 61.6 cm³/mol. The summed E-state index contributed by atoms with van der Waals surface area (Å²) in [6.45, 7) is 1.91. The number of nitriles is 1. The molecule has 4 heteroatoms. The molecule has 0 saturated heterocycles. The lowest BCUT2D eigenvalue weighted by Crippen LogP contribution is -2.08. The Kier molecular flexibility index (Phi) is 4.41. The fraction of sp³-hybridized carbons (Fsp3) is 0.308. The minimum absolute atomic E-state index is 0.00322. The predicted octanol–water partition coefficient (Wildman–Crippen LogP) is 1.65. The number of ether oxygens (including phenoxy) is 1. The van der Waals surface area contributed by atoms with Crippen LogP contribution in [0, 0.1) is 11.3 Å². The largest absolute Gasteiger partial charge is 0.469 e. The molecule has 0 aliphatic carbocycles. The maximum Gasteiger partial charge on any atom is 0.310 e. The number of benzene rings is 1. The van der Waals surface area contributed by atoms with Crippen LogP contribution in [0.5, 0.6) is 0 Å².